The van der Waals surface area contributed by atoms with Gasteiger partial charge in [0.25, 0.3) is 0 Å². The first-order valence-corrected chi connectivity index (χ1v) is 7.06. The van der Waals surface area contributed by atoms with Crippen LogP contribution in [0.2, 0.25) is 0 Å². The molecule has 1 aromatic carbocycles. The van der Waals surface area contributed by atoms with Crippen LogP contribution in [0.1, 0.15) is 18.0 Å². The number of aromatic amines is 1. The number of aliphatic hydroxyl groups is 1. The van der Waals surface area contributed by atoms with Crippen LogP contribution in [0.25, 0.3) is 11.0 Å². The molecule has 0 aliphatic carbocycles. The molecule has 2 atom stereocenters. The number of fused-ring (bicyclic) bond motifs is 1. The SMILES string of the molecule is O[C@H]1C[C@@H](c2cccc(F)c2)N(c2ncnc3[nH]ncc23)C1. The van der Waals surface area contributed by atoms with E-state index in [0.717, 1.165) is 10.9 Å². The van der Waals surface area contributed by atoms with Crippen LogP contribution in [0.5, 0.6) is 0 Å². The number of nitrogens with one attached hydrogen (secondary N) is 1. The van der Waals surface area contributed by atoms with E-state index in [9.17, 15) is 9.50 Å². The highest BCUT2D eigenvalue weighted by Crippen LogP contribution is 2.37. The van der Waals surface area contributed by atoms with Crippen LogP contribution in [0.3, 0.4) is 0 Å². The molecule has 3 aromatic rings. The van der Waals surface area contributed by atoms with Crippen LogP contribution < -0.4 is 4.90 Å². The molecule has 0 amide bonds. The summed E-state index contributed by atoms with van der Waals surface area (Å²) in [5.74, 6) is 0.416. The fourth-order valence-electron chi connectivity index (χ4n) is 3.06. The van der Waals surface area contributed by atoms with E-state index in [0.29, 0.717) is 24.4 Å². The van der Waals surface area contributed by atoms with E-state index < -0.39 is 6.10 Å². The molecular weight excluding hydrogens is 285 g/mol. The third-order valence-corrected chi connectivity index (χ3v) is 4.01. The third-order valence-electron chi connectivity index (χ3n) is 4.01. The lowest BCUT2D eigenvalue weighted by Crippen LogP contribution is -2.25. The predicted octanol–water partition coefficient (Wildman–Crippen LogP) is 1.80. The second-order valence-corrected chi connectivity index (χ2v) is 5.44. The Bertz CT molecular complexity index is 820. The average Bonchev–Trinajstić information content (AvgIpc) is 3.13. The fourth-order valence-corrected chi connectivity index (χ4v) is 3.06. The van der Waals surface area contributed by atoms with E-state index in [4.69, 9.17) is 0 Å². The zero-order valence-corrected chi connectivity index (χ0v) is 11.6. The smallest absolute Gasteiger partial charge is 0.160 e. The summed E-state index contributed by atoms with van der Waals surface area (Å²) in [6, 6.07) is 6.34. The van der Waals surface area contributed by atoms with Gasteiger partial charge in [-0.15, -0.1) is 0 Å². The Morgan fingerprint density at radius 3 is 3.09 bits per heavy atom. The van der Waals surface area contributed by atoms with Gasteiger partial charge in [0.15, 0.2) is 5.65 Å². The summed E-state index contributed by atoms with van der Waals surface area (Å²) >= 11 is 0. The van der Waals surface area contributed by atoms with E-state index in [-0.39, 0.29) is 11.9 Å². The molecule has 2 aromatic heterocycles. The number of aliphatic hydroxyl groups excluding tert-OH is 1. The number of hydrogen-bond donors (Lipinski definition) is 2. The van der Waals surface area contributed by atoms with Gasteiger partial charge in [-0.25, -0.2) is 14.4 Å². The second-order valence-electron chi connectivity index (χ2n) is 5.44. The normalized spacial score (nSPS) is 21.6. The van der Waals surface area contributed by atoms with Crippen LogP contribution in [-0.2, 0) is 0 Å². The van der Waals surface area contributed by atoms with Gasteiger partial charge in [0.1, 0.15) is 18.0 Å². The van der Waals surface area contributed by atoms with Crippen molar-refractivity contribution in [2.75, 3.05) is 11.4 Å². The molecule has 0 saturated carbocycles. The molecule has 2 N–H and O–H groups in total. The van der Waals surface area contributed by atoms with E-state index in [1.165, 1.54) is 18.5 Å². The average molecular weight is 299 g/mol. The van der Waals surface area contributed by atoms with Crippen molar-refractivity contribution in [1.82, 2.24) is 20.2 Å². The van der Waals surface area contributed by atoms with Gasteiger partial charge in [-0.05, 0) is 24.1 Å². The van der Waals surface area contributed by atoms with Crippen molar-refractivity contribution >= 4 is 16.9 Å². The molecule has 1 saturated heterocycles. The van der Waals surface area contributed by atoms with Crippen molar-refractivity contribution in [3.05, 3.63) is 48.2 Å². The minimum atomic E-state index is -0.481. The molecular formula is C15H14FN5O. The molecule has 1 fully saturated rings. The number of H-pyrrole nitrogens is 1. The van der Waals surface area contributed by atoms with Gasteiger partial charge in [-0.2, -0.15) is 5.10 Å². The maximum Gasteiger partial charge on any atom is 0.160 e. The Balaban J connectivity index is 1.80. The fraction of sp³-hybridized carbons (Fsp3) is 0.267. The summed E-state index contributed by atoms with van der Waals surface area (Å²) in [5, 5.41) is 17.7. The minimum Gasteiger partial charge on any atom is -0.391 e. The zero-order chi connectivity index (χ0) is 15.1. The molecule has 0 bridgehead atoms. The van der Waals surface area contributed by atoms with Crippen molar-refractivity contribution in [3.8, 4) is 0 Å². The van der Waals surface area contributed by atoms with Crippen molar-refractivity contribution in [2.24, 2.45) is 0 Å². The summed E-state index contributed by atoms with van der Waals surface area (Å²) < 4.78 is 13.5. The van der Waals surface area contributed by atoms with E-state index in [2.05, 4.69) is 20.2 Å². The van der Waals surface area contributed by atoms with E-state index in [1.54, 1.807) is 12.3 Å². The molecule has 0 spiro atoms. The van der Waals surface area contributed by atoms with Gasteiger partial charge in [-0.3, -0.25) is 5.10 Å². The van der Waals surface area contributed by atoms with E-state index in [1.807, 2.05) is 11.0 Å². The van der Waals surface area contributed by atoms with Crippen LogP contribution in [0.4, 0.5) is 10.2 Å². The number of benzene rings is 1. The topological polar surface area (TPSA) is 77.9 Å². The molecule has 1 aliphatic rings. The molecule has 3 heterocycles. The Morgan fingerprint density at radius 1 is 1.32 bits per heavy atom. The molecule has 0 radical (unpaired) electrons. The summed E-state index contributed by atoms with van der Waals surface area (Å²) in [6.45, 7) is 0.443. The zero-order valence-electron chi connectivity index (χ0n) is 11.6. The minimum absolute atomic E-state index is 0.126. The van der Waals surface area contributed by atoms with Crippen molar-refractivity contribution in [1.29, 1.82) is 0 Å². The number of aromatic nitrogens is 4. The van der Waals surface area contributed by atoms with Gasteiger partial charge in [0.2, 0.25) is 0 Å². The number of rotatable bonds is 2. The molecule has 1 aliphatic heterocycles. The van der Waals surface area contributed by atoms with Crippen LogP contribution in [0, 0.1) is 5.82 Å². The highest BCUT2D eigenvalue weighted by Gasteiger charge is 2.34. The molecule has 7 heteroatoms. The maximum absolute atomic E-state index is 13.5. The summed E-state index contributed by atoms with van der Waals surface area (Å²) in [4.78, 5) is 10.5. The first-order valence-electron chi connectivity index (χ1n) is 7.06. The number of β-amino-alcohol motifs (C(OH)–C–C–N with tert-alkyl or cyclic N) is 1. The molecule has 22 heavy (non-hydrogen) atoms. The first kappa shape index (κ1) is 13.1. The first-order chi connectivity index (χ1) is 10.7. The van der Waals surface area contributed by atoms with E-state index >= 15 is 0 Å². The quantitative estimate of drug-likeness (QED) is 0.754. The van der Waals surface area contributed by atoms with Gasteiger partial charge in [-0.1, -0.05) is 12.1 Å². The lowest BCUT2D eigenvalue weighted by molar-refractivity contribution is 0.194. The maximum atomic E-state index is 13.5. The van der Waals surface area contributed by atoms with Gasteiger partial charge < -0.3 is 10.0 Å². The number of anilines is 1. The highest BCUT2D eigenvalue weighted by molar-refractivity contribution is 5.86. The van der Waals surface area contributed by atoms with Crippen molar-refractivity contribution in [3.63, 3.8) is 0 Å². The highest BCUT2D eigenvalue weighted by atomic mass is 19.1. The van der Waals surface area contributed by atoms with Crippen LogP contribution in [0.15, 0.2) is 36.8 Å². The van der Waals surface area contributed by atoms with Gasteiger partial charge >= 0.3 is 0 Å². The molecule has 112 valence electrons. The Labute approximate surface area is 125 Å². The Kier molecular flexibility index (Phi) is 3.00. The summed E-state index contributed by atoms with van der Waals surface area (Å²) in [5.41, 5.74) is 1.47. The Morgan fingerprint density at radius 2 is 2.23 bits per heavy atom. The molecule has 0 unspecified atom stereocenters. The van der Waals surface area contributed by atoms with Crippen molar-refractivity contribution in [2.45, 2.75) is 18.6 Å². The lowest BCUT2D eigenvalue weighted by atomic mass is 10.0. The third kappa shape index (κ3) is 2.10. The molecule has 4 rings (SSSR count). The largest absolute Gasteiger partial charge is 0.391 e. The number of hydrogen-bond acceptors (Lipinski definition) is 5. The Hall–Kier alpha value is -2.54. The number of nitrogens with zero attached hydrogens (tertiary/aromatic N) is 4. The van der Waals surface area contributed by atoms with Crippen molar-refractivity contribution < 1.29 is 9.50 Å². The standard InChI is InChI=1S/C15H14FN5O/c16-10-3-1-2-9(4-10)13-5-11(22)7-21(13)15-12-6-19-20-14(12)17-8-18-15/h1-4,6,8,11,13,22H,5,7H2,(H,17,18,19,20)/t11-,13-/m0/s1. The summed E-state index contributed by atoms with van der Waals surface area (Å²) in [7, 11) is 0. The predicted molar refractivity (Wildman–Crippen MR) is 78.8 cm³/mol. The lowest BCUT2D eigenvalue weighted by Gasteiger charge is -2.26. The summed E-state index contributed by atoms with van der Waals surface area (Å²) in [6.07, 6.45) is 3.18. The van der Waals surface area contributed by atoms with Gasteiger partial charge in [0, 0.05) is 6.54 Å². The van der Waals surface area contributed by atoms with Crippen LogP contribution in [-0.4, -0.2) is 37.9 Å². The number of halogens is 1. The van der Waals surface area contributed by atoms with Crippen LogP contribution >= 0.6 is 0 Å². The molecule has 6 nitrogen and oxygen atoms in total. The monoisotopic (exact) mass is 299 g/mol. The van der Waals surface area contributed by atoms with Gasteiger partial charge in [0.05, 0.1) is 23.7 Å². The second kappa shape index (κ2) is 5.03.